The van der Waals surface area contributed by atoms with Gasteiger partial charge >= 0.3 is 12.1 Å². The average molecular weight is 778 g/mol. The number of aromatic nitrogens is 4. The van der Waals surface area contributed by atoms with Crippen LogP contribution >= 0.6 is 0 Å². The van der Waals surface area contributed by atoms with Gasteiger partial charge in [0.25, 0.3) is 0 Å². The van der Waals surface area contributed by atoms with Crippen LogP contribution in [-0.2, 0) is 7.05 Å². The highest BCUT2D eigenvalue weighted by molar-refractivity contribution is 6.01. The highest BCUT2D eigenvalue weighted by Crippen LogP contribution is 2.53. The quantitative estimate of drug-likeness (QED) is 0.109. The van der Waals surface area contributed by atoms with Crippen molar-refractivity contribution in [2.75, 3.05) is 29.6 Å². The first-order valence-electron chi connectivity index (χ1n) is 19.4. The van der Waals surface area contributed by atoms with Gasteiger partial charge in [0, 0.05) is 26.7 Å². The van der Waals surface area contributed by atoms with Gasteiger partial charge < -0.3 is 20.1 Å². The summed E-state index contributed by atoms with van der Waals surface area (Å²) < 4.78 is 3.42. The lowest BCUT2D eigenvalue weighted by Gasteiger charge is -2.20. The number of carbonyl (C=O) groups excluding carboxylic acids is 2. The first-order chi connectivity index (χ1) is 28.6. The van der Waals surface area contributed by atoms with Gasteiger partial charge in [-0.1, -0.05) is 128 Å². The second-order valence-electron chi connectivity index (χ2n) is 15.0. The topological polar surface area (TPSA) is 121 Å². The molecule has 292 valence electrons. The van der Waals surface area contributed by atoms with E-state index in [0.29, 0.717) is 23.0 Å². The first kappa shape index (κ1) is 36.9. The summed E-state index contributed by atoms with van der Waals surface area (Å²) in [6.45, 7) is 9.84. The highest BCUT2D eigenvalue weighted by Gasteiger charge is 2.36. The number of rotatable bonds is 9. The number of benzene rings is 5. The minimum atomic E-state index is -0.432. The molecule has 0 spiro atoms. The van der Waals surface area contributed by atoms with Crippen molar-refractivity contribution < 1.29 is 9.59 Å². The van der Waals surface area contributed by atoms with Crippen LogP contribution in [0.2, 0.25) is 0 Å². The van der Waals surface area contributed by atoms with Crippen molar-refractivity contribution in [1.29, 1.82) is 0 Å². The Morgan fingerprint density at radius 3 is 1.71 bits per heavy atom. The number of allylic oxidation sites excluding steroid dienone is 2. The van der Waals surface area contributed by atoms with Gasteiger partial charge in [0.15, 0.2) is 5.82 Å². The van der Waals surface area contributed by atoms with Gasteiger partial charge in [-0.3, -0.25) is 10.6 Å². The van der Waals surface area contributed by atoms with Crippen molar-refractivity contribution in [3.05, 3.63) is 169 Å². The highest BCUT2D eigenvalue weighted by atomic mass is 16.2. The number of nitrogens with zero attached hydrogens (tertiary/aromatic N) is 5. The molecule has 4 N–H and O–H groups in total. The van der Waals surface area contributed by atoms with Crippen LogP contribution in [0.3, 0.4) is 0 Å². The second kappa shape index (κ2) is 14.7. The SMILES string of the molecule is C=CC(=C)n1nc(C)c(N(C)C)c1NC(=O)NC1c2ccccc2-c2c(-c3cccc4c3-c3ccccc3C4NC(=O)Nc3c(-c4ccccc4)ncn3C)cccc21. The molecule has 2 aliphatic carbocycles. The predicted octanol–water partition coefficient (Wildman–Crippen LogP) is 9.76. The molecule has 9 rings (SSSR count). The minimum absolute atomic E-state index is 0.338. The number of hydrogen-bond donors (Lipinski definition) is 4. The zero-order valence-corrected chi connectivity index (χ0v) is 33.2. The maximum atomic E-state index is 14.0. The number of fused-ring (bicyclic) bond motifs is 6. The summed E-state index contributed by atoms with van der Waals surface area (Å²) in [6.07, 6.45) is 3.31. The lowest BCUT2D eigenvalue weighted by molar-refractivity contribution is 0.249. The Balaban J connectivity index is 1.07. The largest absolute Gasteiger partial charge is 0.373 e. The molecule has 2 aliphatic rings. The number of carbonyl (C=O) groups is 2. The van der Waals surface area contributed by atoms with Crippen molar-refractivity contribution in [3.63, 3.8) is 0 Å². The number of amides is 4. The predicted molar refractivity (Wildman–Crippen MR) is 236 cm³/mol. The molecule has 0 saturated heterocycles. The van der Waals surface area contributed by atoms with E-state index in [1.165, 1.54) is 0 Å². The molecule has 4 amide bonds. The van der Waals surface area contributed by atoms with Crippen LogP contribution in [0, 0.1) is 6.92 Å². The maximum absolute atomic E-state index is 14.0. The number of nitrogens with one attached hydrogen (secondary N) is 4. The summed E-state index contributed by atoms with van der Waals surface area (Å²) >= 11 is 0. The van der Waals surface area contributed by atoms with Crippen LogP contribution in [0.5, 0.6) is 0 Å². The third-order valence-corrected chi connectivity index (χ3v) is 11.2. The van der Waals surface area contributed by atoms with E-state index in [1.807, 2.05) is 98.2 Å². The van der Waals surface area contributed by atoms with Gasteiger partial charge in [-0.05, 0) is 68.6 Å². The summed E-state index contributed by atoms with van der Waals surface area (Å²) in [7, 11) is 5.69. The fraction of sp³-hybridized carbons (Fsp3) is 0.125. The molecule has 5 aromatic carbocycles. The fourth-order valence-electron chi connectivity index (χ4n) is 8.67. The summed E-state index contributed by atoms with van der Waals surface area (Å²) in [5.41, 5.74) is 13.9. The van der Waals surface area contributed by atoms with E-state index in [4.69, 9.17) is 0 Å². The van der Waals surface area contributed by atoms with Crippen LogP contribution < -0.4 is 26.2 Å². The molecule has 0 aliphatic heterocycles. The second-order valence-corrected chi connectivity index (χ2v) is 15.0. The van der Waals surface area contributed by atoms with Crippen molar-refractivity contribution in [1.82, 2.24) is 30.0 Å². The number of anilines is 3. The van der Waals surface area contributed by atoms with E-state index < -0.39 is 12.1 Å². The lowest BCUT2D eigenvalue weighted by atomic mass is 9.88. The average Bonchev–Trinajstić information content (AvgIpc) is 3.97. The molecule has 7 aromatic rings. The van der Waals surface area contributed by atoms with Gasteiger partial charge in [-0.2, -0.15) is 5.10 Å². The van der Waals surface area contributed by atoms with Gasteiger partial charge in [0.2, 0.25) is 0 Å². The molecule has 0 saturated carbocycles. The Labute approximate surface area is 342 Å². The standard InChI is InChI=1S/C48H43N9O2/c1-7-28(2)57-46(44(55(4)5)29(3)54-57)53-48(59)51-43-36-22-14-12-20-34(36)40-32(24-16-26-38(40)43)31-23-15-25-37-39(31)33-19-11-13-21-35(33)42(37)50-47(58)52-45-41(49-27-56(45)6)30-17-9-8-10-18-30/h7-27,42-43H,1-2H2,3-6H3,(H2,50,52,58)(H2,51,53,59). The molecule has 2 atom stereocenters. The zero-order valence-electron chi connectivity index (χ0n) is 33.2. The number of hydrogen-bond acceptors (Lipinski definition) is 5. The smallest absolute Gasteiger partial charge is 0.321 e. The molecule has 2 heterocycles. The van der Waals surface area contributed by atoms with E-state index in [-0.39, 0.29) is 12.1 Å². The molecule has 2 aromatic heterocycles. The molecular formula is C48H43N9O2. The van der Waals surface area contributed by atoms with Crippen LogP contribution in [0.15, 0.2) is 141 Å². The van der Waals surface area contributed by atoms with Crippen LogP contribution in [-0.4, -0.2) is 45.5 Å². The fourth-order valence-corrected chi connectivity index (χ4v) is 8.67. The summed E-state index contributed by atoms with van der Waals surface area (Å²) in [6, 6.07) is 37.2. The van der Waals surface area contributed by atoms with Crippen molar-refractivity contribution in [2.24, 2.45) is 7.05 Å². The Bertz CT molecular complexity index is 2830. The Morgan fingerprint density at radius 2 is 1.17 bits per heavy atom. The third-order valence-electron chi connectivity index (χ3n) is 11.2. The zero-order chi connectivity index (χ0) is 40.9. The molecular weight excluding hydrogens is 735 g/mol. The number of aryl methyl sites for hydroxylation is 2. The van der Waals surface area contributed by atoms with E-state index in [1.54, 1.807) is 17.1 Å². The van der Waals surface area contributed by atoms with Gasteiger partial charge in [0.1, 0.15) is 17.2 Å². The van der Waals surface area contributed by atoms with E-state index in [2.05, 4.69) is 99.1 Å². The molecule has 0 bridgehead atoms. The van der Waals surface area contributed by atoms with Crippen molar-refractivity contribution in [3.8, 4) is 44.6 Å². The maximum Gasteiger partial charge on any atom is 0.321 e. The van der Waals surface area contributed by atoms with Crippen LogP contribution in [0.4, 0.5) is 26.9 Å². The summed E-state index contributed by atoms with van der Waals surface area (Å²) in [5.74, 6) is 1.10. The third kappa shape index (κ3) is 6.24. The molecule has 0 radical (unpaired) electrons. The molecule has 11 nitrogen and oxygen atoms in total. The number of imidazole rings is 1. The van der Waals surface area contributed by atoms with Crippen LogP contribution in [0.25, 0.3) is 50.3 Å². The lowest BCUT2D eigenvalue weighted by Crippen LogP contribution is -2.33. The van der Waals surface area contributed by atoms with Gasteiger partial charge in [0.05, 0.1) is 29.8 Å². The summed E-state index contributed by atoms with van der Waals surface area (Å²) in [4.78, 5) is 34.4. The Kier molecular flexibility index (Phi) is 9.20. The summed E-state index contributed by atoms with van der Waals surface area (Å²) in [5, 5.41) is 17.4. The Morgan fingerprint density at radius 1 is 0.678 bits per heavy atom. The van der Waals surface area contributed by atoms with E-state index in [0.717, 1.165) is 72.6 Å². The molecule has 0 fully saturated rings. The Hall–Kier alpha value is -7.66. The minimum Gasteiger partial charge on any atom is -0.373 e. The molecule has 2 unspecified atom stereocenters. The van der Waals surface area contributed by atoms with Crippen molar-refractivity contribution >= 4 is 35.1 Å². The molecule has 59 heavy (non-hydrogen) atoms. The first-order valence-corrected chi connectivity index (χ1v) is 19.4. The van der Waals surface area contributed by atoms with Crippen LogP contribution in [0.1, 0.15) is 40.0 Å². The normalized spacial score (nSPS) is 14.4. The monoisotopic (exact) mass is 777 g/mol. The van der Waals surface area contributed by atoms with Gasteiger partial charge in [-0.15, -0.1) is 0 Å². The van der Waals surface area contributed by atoms with E-state index in [9.17, 15) is 9.59 Å². The van der Waals surface area contributed by atoms with Gasteiger partial charge in [-0.25, -0.2) is 19.3 Å². The number of urea groups is 2. The molecule has 11 heteroatoms. The van der Waals surface area contributed by atoms with Crippen molar-refractivity contribution in [2.45, 2.75) is 19.0 Å². The van der Waals surface area contributed by atoms with E-state index >= 15 is 0 Å².